The fraction of sp³-hybridized carbons (Fsp3) is 0.583. The number of nitrogens with one attached hydrogen (secondary N) is 1. The minimum atomic E-state index is 0.262. The molecular formula is C12H19N3O. The summed E-state index contributed by atoms with van der Waals surface area (Å²) in [5.41, 5.74) is 7.92. The fourth-order valence-corrected chi connectivity index (χ4v) is 1.94. The number of aliphatic hydroxyl groups excluding tert-OH is 1. The summed E-state index contributed by atoms with van der Waals surface area (Å²) in [6, 6.07) is 1.92. The Morgan fingerprint density at radius 1 is 1.56 bits per heavy atom. The predicted molar refractivity (Wildman–Crippen MR) is 65.2 cm³/mol. The first-order chi connectivity index (χ1) is 7.65. The standard InChI is InChI=1S/C12H19N3O/c1-9-6-10(13)11(14-7-9)15-8-12(2-3-12)4-5-16/h6-7,16H,2-5,8,13H2,1H3,(H,14,15). The first-order valence-electron chi connectivity index (χ1n) is 5.72. The van der Waals surface area contributed by atoms with Crippen molar-refractivity contribution < 1.29 is 5.11 Å². The van der Waals surface area contributed by atoms with Gasteiger partial charge in [-0.05, 0) is 43.2 Å². The fourth-order valence-electron chi connectivity index (χ4n) is 1.94. The molecule has 0 spiro atoms. The normalized spacial score (nSPS) is 17.1. The van der Waals surface area contributed by atoms with Gasteiger partial charge < -0.3 is 16.2 Å². The molecule has 0 aromatic carbocycles. The van der Waals surface area contributed by atoms with Gasteiger partial charge in [-0.25, -0.2) is 4.98 Å². The second kappa shape index (κ2) is 4.29. The van der Waals surface area contributed by atoms with Crippen LogP contribution < -0.4 is 11.1 Å². The molecule has 0 amide bonds. The Balaban J connectivity index is 1.94. The van der Waals surface area contributed by atoms with Crippen molar-refractivity contribution in [3.8, 4) is 0 Å². The Kier molecular flexibility index (Phi) is 3.01. The first kappa shape index (κ1) is 11.2. The van der Waals surface area contributed by atoms with E-state index in [1.165, 1.54) is 12.8 Å². The third-order valence-electron chi connectivity index (χ3n) is 3.28. The van der Waals surface area contributed by atoms with Crippen LogP contribution in [0, 0.1) is 12.3 Å². The molecule has 4 N–H and O–H groups in total. The highest BCUT2D eigenvalue weighted by atomic mass is 16.3. The monoisotopic (exact) mass is 221 g/mol. The van der Waals surface area contributed by atoms with Gasteiger partial charge in [0.1, 0.15) is 5.82 Å². The lowest BCUT2D eigenvalue weighted by Crippen LogP contribution is -2.18. The van der Waals surface area contributed by atoms with Gasteiger partial charge in [-0.15, -0.1) is 0 Å². The van der Waals surface area contributed by atoms with Crippen molar-refractivity contribution >= 4 is 11.5 Å². The van der Waals surface area contributed by atoms with E-state index in [0.717, 1.165) is 24.3 Å². The Labute approximate surface area is 95.9 Å². The number of hydrogen-bond acceptors (Lipinski definition) is 4. The summed E-state index contributed by atoms with van der Waals surface area (Å²) in [5, 5.41) is 12.2. The summed E-state index contributed by atoms with van der Waals surface area (Å²) in [6.07, 6.45) is 5.05. The van der Waals surface area contributed by atoms with Gasteiger partial charge in [0.15, 0.2) is 0 Å². The summed E-state index contributed by atoms with van der Waals surface area (Å²) in [6.45, 7) is 3.09. The van der Waals surface area contributed by atoms with E-state index < -0.39 is 0 Å². The highest BCUT2D eigenvalue weighted by Gasteiger charge is 2.41. The molecule has 1 aromatic heterocycles. The lowest BCUT2D eigenvalue weighted by molar-refractivity contribution is 0.253. The van der Waals surface area contributed by atoms with Crippen LogP contribution in [-0.4, -0.2) is 23.2 Å². The van der Waals surface area contributed by atoms with Crippen LogP contribution in [0.4, 0.5) is 11.5 Å². The molecule has 1 aliphatic carbocycles. The Hall–Kier alpha value is -1.29. The third-order valence-corrected chi connectivity index (χ3v) is 3.28. The van der Waals surface area contributed by atoms with Gasteiger partial charge >= 0.3 is 0 Å². The first-order valence-corrected chi connectivity index (χ1v) is 5.72. The zero-order chi connectivity index (χ0) is 11.6. The largest absolute Gasteiger partial charge is 0.396 e. The molecule has 0 unspecified atom stereocenters. The van der Waals surface area contributed by atoms with Crippen molar-refractivity contribution in [2.75, 3.05) is 24.2 Å². The zero-order valence-electron chi connectivity index (χ0n) is 9.66. The van der Waals surface area contributed by atoms with Crippen molar-refractivity contribution in [3.05, 3.63) is 17.8 Å². The summed E-state index contributed by atoms with van der Waals surface area (Å²) < 4.78 is 0. The molecule has 0 aliphatic heterocycles. The highest BCUT2D eigenvalue weighted by molar-refractivity contribution is 5.61. The maximum Gasteiger partial charge on any atom is 0.149 e. The van der Waals surface area contributed by atoms with Crippen molar-refractivity contribution in [1.82, 2.24) is 4.98 Å². The summed E-state index contributed by atoms with van der Waals surface area (Å²) >= 11 is 0. The molecule has 1 saturated carbocycles. The van der Waals surface area contributed by atoms with Crippen LogP contribution in [-0.2, 0) is 0 Å². The number of rotatable bonds is 5. The van der Waals surface area contributed by atoms with Crippen LogP contribution in [0.15, 0.2) is 12.3 Å². The van der Waals surface area contributed by atoms with Crippen molar-refractivity contribution in [1.29, 1.82) is 0 Å². The number of nitrogens with zero attached hydrogens (tertiary/aromatic N) is 1. The van der Waals surface area contributed by atoms with Crippen LogP contribution in [0.3, 0.4) is 0 Å². The van der Waals surface area contributed by atoms with E-state index in [4.69, 9.17) is 10.8 Å². The van der Waals surface area contributed by atoms with Gasteiger partial charge in [0.2, 0.25) is 0 Å². The van der Waals surface area contributed by atoms with E-state index in [2.05, 4.69) is 10.3 Å². The van der Waals surface area contributed by atoms with Gasteiger partial charge in [-0.3, -0.25) is 0 Å². The summed E-state index contributed by atoms with van der Waals surface area (Å²) in [4.78, 5) is 4.27. The minimum Gasteiger partial charge on any atom is -0.396 e. The van der Waals surface area contributed by atoms with E-state index in [-0.39, 0.29) is 12.0 Å². The maximum atomic E-state index is 8.96. The van der Waals surface area contributed by atoms with Crippen LogP contribution in [0.25, 0.3) is 0 Å². The second-order valence-corrected chi connectivity index (χ2v) is 4.78. The van der Waals surface area contributed by atoms with Crippen molar-refractivity contribution in [2.45, 2.75) is 26.2 Å². The van der Waals surface area contributed by atoms with Crippen LogP contribution in [0.1, 0.15) is 24.8 Å². The Morgan fingerprint density at radius 2 is 2.31 bits per heavy atom. The molecular weight excluding hydrogens is 202 g/mol. The number of aromatic nitrogens is 1. The highest BCUT2D eigenvalue weighted by Crippen LogP contribution is 2.48. The maximum absolute atomic E-state index is 8.96. The second-order valence-electron chi connectivity index (χ2n) is 4.78. The molecule has 2 rings (SSSR count). The Bertz CT molecular complexity index is 375. The average Bonchev–Trinajstić information content (AvgIpc) is 2.98. The van der Waals surface area contributed by atoms with Crippen LogP contribution >= 0.6 is 0 Å². The minimum absolute atomic E-state index is 0.262. The zero-order valence-corrected chi connectivity index (χ0v) is 9.66. The molecule has 4 heteroatoms. The predicted octanol–water partition coefficient (Wildman–Crippen LogP) is 1.55. The lowest BCUT2D eigenvalue weighted by Gasteiger charge is -2.16. The van der Waals surface area contributed by atoms with E-state index in [1.54, 1.807) is 0 Å². The number of nitrogen functional groups attached to an aromatic ring is 1. The van der Waals surface area contributed by atoms with Gasteiger partial charge in [0, 0.05) is 19.3 Å². The average molecular weight is 221 g/mol. The van der Waals surface area contributed by atoms with Crippen LogP contribution in [0.5, 0.6) is 0 Å². The third kappa shape index (κ3) is 2.44. The van der Waals surface area contributed by atoms with Gasteiger partial charge in [-0.2, -0.15) is 0 Å². The topological polar surface area (TPSA) is 71.2 Å². The van der Waals surface area contributed by atoms with Crippen LogP contribution in [0.2, 0.25) is 0 Å². The van der Waals surface area contributed by atoms with Gasteiger partial charge in [-0.1, -0.05) is 0 Å². The number of anilines is 2. The van der Waals surface area contributed by atoms with E-state index in [9.17, 15) is 0 Å². The smallest absolute Gasteiger partial charge is 0.149 e. The SMILES string of the molecule is Cc1cnc(NCC2(CCO)CC2)c(N)c1. The molecule has 88 valence electrons. The molecule has 0 atom stereocenters. The number of aliphatic hydroxyl groups is 1. The lowest BCUT2D eigenvalue weighted by atomic mass is 10.0. The summed E-state index contributed by atoms with van der Waals surface area (Å²) in [5.74, 6) is 0.759. The van der Waals surface area contributed by atoms with E-state index >= 15 is 0 Å². The number of hydrogen-bond donors (Lipinski definition) is 3. The van der Waals surface area contributed by atoms with Crippen molar-refractivity contribution in [3.63, 3.8) is 0 Å². The van der Waals surface area contributed by atoms with Crippen molar-refractivity contribution in [2.24, 2.45) is 5.41 Å². The molecule has 0 radical (unpaired) electrons. The molecule has 0 saturated heterocycles. The van der Waals surface area contributed by atoms with E-state index in [0.29, 0.717) is 5.69 Å². The molecule has 0 bridgehead atoms. The van der Waals surface area contributed by atoms with E-state index in [1.807, 2.05) is 19.2 Å². The molecule has 4 nitrogen and oxygen atoms in total. The van der Waals surface area contributed by atoms with Gasteiger partial charge in [0.05, 0.1) is 5.69 Å². The molecule has 1 heterocycles. The number of aryl methyl sites for hydroxylation is 1. The molecule has 16 heavy (non-hydrogen) atoms. The Morgan fingerprint density at radius 3 is 2.88 bits per heavy atom. The summed E-state index contributed by atoms with van der Waals surface area (Å²) in [7, 11) is 0. The molecule has 1 fully saturated rings. The molecule has 1 aliphatic rings. The number of pyridine rings is 1. The molecule has 1 aromatic rings. The quantitative estimate of drug-likeness (QED) is 0.705. The number of nitrogens with two attached hydrogens (primary N) is 1. The van der Waals surface area contributed by atoms with Gasteiger partial charge in [0.25, 0.3) is 0 Å².